The summed E-state index contributed by atoms with van der Waals surface area (Å²) in [6.07, 6.45) is 1.01. The molecular formula is C23H19FN2O2. The number of halogens is 1. The van der Waals surface area contributed by atoms with Gasteiger partial charge >= 0.3 is 0 Å². The van der Waals surface area contributed by atoms with Gasteiger partial charge in [-0.25, -0.2) is 4.39 Å². The fraction of sp³-hybridized carbons (Fsp3) is 0.130. The number of nitrogens with one attached hydrogen (secondary N) is 1. The third kappa shape index (κ3) is 5.68. The maximum Gasteiger partial charge on any atom is 0.220 e. The summed E-state index contributed by atoms with van der Waals surface area (Å²) in [5.74, 6) is 0.862. The van der Waals surface area contributed by atoms with Crippen LogP contribution in [0, 0.1) is 17.1 Å². The van der Waals surface area contributed by atoms with Crippen LogP contribution in [0.5, 0.6) is 11.5 Å². The molecule has 0 heterocycles. The number of amides is 1. The first-order valence-corrected chi connectivity index (χ1v) is 8.90. The van der Waals surface area contributed by atoms with Crippen molar-refractivity contribution in [3.8, 4) is 17.6 Å². The normalized spacial score (nSPS) is 10.1. The van der Waals surface area contributed by atoms with E-state index in [4.69, 9.17) is 10.00 Å². The van der Waals surface area contributed by atoms with E-state index in [0.717, 1.165) is 11.1 Å². The van der Waals surface area contributed by atoms with Crippen LogP contribution in [0.1, 0.15) is 23.1 Å². The van der Waals surface area contributed by atoms with Crippen molar-refractivity contribution in [1.29, 1.82) is 5.26 Å². The van der Waals surface area contributed by atoms with Crippen LogP contribution in [-0.2, 0) is 17.8 Å². The minimum Gasteiger partial charge on any atom is -0.457 e. The van der Waals surface area contributed by atoms with E-state index in [0.29, 0.717) is 36.4 Å². The molecule has 0 fully saturated rings. The van der Waals surface area contributed by atoms with Crippen LogP contribution in [0.25, 0.3) is 0 Å². The van der Waals surface area contributed by atoms with Crippen LogP contribution >= 0.6 is 0 Å². The van der Waals surface area contributed by atoms with Gasteiger partial charge in [-0.3, -0.25) is 4.79 Å². The summed E-state index contributed by atoms with van der Waals surface area (Å²) in [7, 11) is 0. The van der Waals surface area contributed by atoms with Crippen molar-refractivity contribution in [2.24, 2.45) is 0 Å². The van der Waals surface area contributed by atoms with Crippen molar-refractivity contribution in [3.63, 3.8) is 0 Å². The van der Waals surface area contributed by atoms with Gasteiger partial charge in [-0.15, -0.1) is 0 Å². The third-order valence-electron chi connectivity index (χ3n) is 4.19. The zero-order valence-electron chi connectivity index (χ0n) is 15.2. The van der Waals surface area contributed by atoms with Gasteiger partial charge in [0.25, 0.3) is 0 Å². The Morgan fingerprint density at radius 2 is 1.46 bits per heavy atom. The average molecular weight is 374 g/mol. The van der Waals surface area contributed by atoms with Gasteiger partial charge in [0.15, 0.2) is 0 Å². The molecule has 0 spiro atoms. The zero-order valence-corrected chi connectivity index (χ0v) is 15.2. The first kappa shape index (κ1) is 19.1. The minimum absolute atomic E-state index is 0.0315. The summed E-state index contributed by atoms with van der Waals surface area (Å²) in [5, 5.41) is 11.7. The largest absolute Gasteiger partial charge is 0.457 e. The van der Waals surface area contributed by atoms with E-state index in [1.54, 1.807) is 24.3 Å². The SMILES string of the molecule is N#Cc1ccc(CCC(=O)NCc2ccc(Oc3ccc(F)cc3)cc2)cc1. The molecule has 1 amide bonds. The Morgan fingerprint density at radius 3 is 2.07 bits per heavy atom. The van der Waals surface area contributed by atoms with Crippen molar-refractivity contribution in [2.45, 2.75) is 19.4 Å². The Balaban J connectivity index is 1.44. The van der Waals surface area contributed by atoms with Gasteiger partial charge in [0.05, 0.1) is 11.6 Å². The molecule has 28 heavy (non-hydrogen) atoms. The van der Waals surface area contributed by atoms with E-state index in [1.807, 2.05) is 36.4 Å². The monoisotopic (exact) mass is 374 g/mol. The standard InChI is InChI=1S/C23H19FN2O2/c24-20-8-12-22(13-9-20)28-21-10-5-19(6-11-21)16-26-23(27)14-7-17-1-3-18(15-25)4-2-17/h1-6,8-13H,7,14,16H2,(H,26,27). The molecule has 5 heteroatoms. The smallest absolute Gasteiger partial charge is 0.220 e. The predicted octanol–water partition coefficient (Wildman–Crippen LogP) is 4.74. The molecule has 3 aromatic rings. The lowest BCUT2D eigenvalue weighted by Crippen LogP contribution is -2.22. The van der Waals surface area contributed by atoms with Gasteiger partial charge in [-0.05, 0) is 66.1 Å². The van der Waals surface area contributed by atoms with Gasteiger partial charge in [0.1, 0.15) is 17.3 Å². The average Bonchev–Trinajstić information content (AvgIpc) is 2.74. The summed E-state index contributed by atoms with van der Waals surface area (Å²) >= 11 is 0. The van der Waals surface area contributed by atoms with Crippen LogP contribution in [-0.4, -0.2) is 5.91 Å². The van der Waals surface area contributed by atoms with Crippen molar-refractivity contribution < 1.29 is 13.9 Å². The third-order valence-corrected chi connectivity index (χ3v) is 4.19. The summed E-state index contributed by atoms with van der Waals surface area (Å²) in [6, 6.07) is 22.5. The number of rotatable bonds is 7. The summed E-state index contributed by atoms with van der Waals surface area (Å²) in [6.45, 7) is 0.434. The van der Waals surface area contributed by atoms with E-state index in [-0.39, 0.29) is 11.7 Å². The van der Waals surface area contributed by atoms with Crippen molar-refractivity contribution >= 4 is 5.91 Å². The second kappa shape index (κ2) is 9.33. The first-order valence-electron chi connectivity index (χ1n) is 8.90. The Hall–Kier alpha value is -3.65. The molecule has 0 bridgehead atoms. The quantitative estimate of drug-likeness (QED) is 0.650. The number of carbonyl (C=O) groups excluding carboxylic acids is 1. The van der Waals surface area contributed by atoms with E-state index in [1.165, 1.54) is 12.1 Å². The lowest BCUT2D eigenvalue weighted by molar-refractivity contribution is -0.121. The number of benzene rings is 3. The summed E-state index contributed by atoms with van der Waals surface area (Å²) in [4.78, 5) is 12.0. The number of nitrogens with zero attached hydrogens (tertiary/aromatic N) is 1. The molecule has 0 atom stereocenters. The molecule has 0 unspecified atom stereocenters. The number of nitriles is 1. The number of carbonyl (C=O) groups is 1. The lowest BCUT2D eigenvalue weighted by atomic mass is 10.1. The van der Waals surface area contributed by atoms with Crippen LogP contribution < -0.4 is 10.1 Å². The van der Waals surface area contributed by atoms with Crippen molar-refractivity contribution in [1.82, 2.24) is 5.32 Å². The van der Waals surface area contributed by atoms with Gasteiger partial charge in [-0.1, -0.05) is 24.3 Å². The molecule has 1 N–H and O–H groups in total. The molecule has 0 saturated heterocycles. The number of aryl methyl sites for hydroxylation is 1. The highest BCUT2D eigenvalue weighted by Crippen LogP contribution is 2.21. The molecule has 3 aromatic carbocycles. The maximum atomic E-state index is 12.9. The molecule has 0 radical (unpaired) electrons. The number of hydrogen-bond acceptors (Lipinski definition) is 3. The molecule has 0 aromatic heterocycles. The molecule has 0 saturated carbocycles. The van der Waals surface area contributed by atoms with Crippen LogP contribution in [0.2, 0.25) is 0 Å². The zero-order chi connectivity index (χ0) is 19.8. The second-order valence-electron chi connectivity index (χ2n) is 6.29. The van der Waals surface area contributed by atoms with Crippen LogP contribution in [0.4, 0.5) is 4.39 Å². The molecule has 4 nitrogen and oxygen atoms in total. The minimum atomic E-state index is -0.308. The fourth-order valence-corrected chi connectivity index (χ4v) is 2.61. The molecule has 140 valence electrons. The summed E-state index contributed by atoms with van der Waals surface area (Å²) in [5.41, 5.74) is 2.59. The van der Waals surface area contributed by atoms with Crippen molar-refractivity contribution in [3.05, 3.63) is 95.3 Å². The van der Waals surface area contributed by atoms with E-state index >= 15 is 0 Å². The fourth-order valence-electron chi connectivity index (χ4n) is 2.61. The molecule has 0 aliphatic heterocycles. The predicted molar refractivity (Wildman–Crippen MR) is 104 cm³/mol. The highest BCUT2D eigenvalue weighted by atomic mass is 19.1. The second-order valence-corrected chi connectivity index (χ2v) is 6.29. The van der Waals surface area contributed by atoms with Crippen molar-refractivity contribution in [2.75, 3.05) is 0 Å². The number of hydrogen-bond donors (Lipinski definition) is 1. The summed E-state index contributed by atoms with van der Waals surface area (Å²) < 4.78 is 18.6. The van der Waals surface area contributed by atoms with Gasteiger partial charge < -0.3 is 10.1 Å². The number of ether oxygens (including phenoxy) is 1. The van der Waals surface area contributed by atoms with Gasteiger partial charge in [-0.2, -0.15) is 5.26 Å². The highest BCUT2D eigenvalue weighted by molar-refractivity contribution is 5.76. The van der Waals surface area contributed by atoms with Crippen LogP contribution in [0.3, 0.4) is 0 Å². The highest BCUT2D eigenvalue weighted by Gasteiger charge is 2.04. The van der Waals surface area contributed by atoms with Crippen LogP contribution in [0.15, 0.2) is 72.8 Å². The molecule has 0 aliphatic rings. The van der Waals surface area contributed by atoms with E-state index in [2.05, 4.69) is 11.4 Å². The van der Waals surface area contributed by atoms with Gasteiger partial charge in [0, 0.05) is 13.0 Å². The van der Waals surface area contributed by atoms with E-state index < -0.39 is 0 Å². The molecule has 0 aliphatic carbocycles. The molecular weight excluding hydrogens is 355 g/mol. The maximum absolute atomic E-state index is 12.9. The molecule has 3 rings (SSSR count). The topological polar surface area (TPSA) is 62.1 Å². The Kier molecular flexibility index (Phi) is 6.37. The van der Waals surface area contributed by atoms with Gasteiger partial charge in [0.2, 0.25) is 5.91 Å². The van der Waals surface area contributed by atoms with E-state index in [9.17, 15) is 9.18 Å². The Morgan fingerprint density at radius 1 is 0.893 bits per heavy atom. The Labute approximate surface area is 163 Å². The Bertz CT molecular complexity index is 959. The first-order chi connectivity index (χ1) is 13.6. The lowest BCUT2D eigenvalue weighted by Gasteiger charge is -2.08.